The maximum absolute atomic E-state index is 11.5. The first kappa shape index (κ1) is 15.3. The SMILES string of the molecule is CCOC(CC)(Cc1ccc(O)c(OC)c1)C(=O)O. The van der Waals surface area contributed by atoms with Crippen LogP contribution in [0.2, 0.25) is 0 Å². The number of aromatic hydroxyl groups is 1. The average Bonchev–Trinajstić information content (AvgIpc) is 2.40. The third-order valence-electron chi connectivity index (χ3n) is 3.12. The van der Waals surface area contributed by atoms with Crippen LogP contribution >= 0.6 is 0 Å². The Morgan fingerprint density at radius 1 is 1.37 bits per heavy atom. The first-order valence-corrected chi connectivity index (χ1v) is 6.22. The van der Waals surface area contributed by atoms with Crippen LogP contribution < -0.4 is 4.74 Å². The number of carbonyl (C=O) groups is 1. The molecule has 1 unspecified atom stereocenters. The highest BCUT2D eigenvalue weighted by Crippen LogP contribution is 2.30. The van der Waals surface area contributed by atoms with Crippen molar-refractivity contribution < 1.29 is 24.5 Å². The van der Waals surface area contributed by atoms with E-state index in [2.05, 4.69) is 0 Å². The van der Waals surface area contributed by atoms with Crippen LogP contribution in [0.3, 0.4) is 0 Å². The van der Waals surface area contributed by atoms with Gasteiger partial charge in [-0.3, -0.25) is 0 Å². The van der Waals surface area contributed by atoms with Crippen LogP contribution in [-0.4, -0.2) is 35.5 Å². The van der Waals surface area contributed by atoms with Gasteiger partial charge in [0.25, 0.3) is 0 Å². The van der Waals surface area contributed by atoms with Crippen LogP contribution in [0.4, 0.5) is 0 Å². The van der Waals surface area contributed by atoms with E-state index in [4.69, 9.17) is 9.47 Å². The van der Waals surface area contributed by atoms with E-state index in [9.17, 15) is 15.0 Å². The molecule has 0 heterocycles. The van der Waals surface area contributed by atoms with Gasteiger partial charge in [-0.05, 0) is 31.0 Å². The molecule has 106 valence electrons. The maximum Gasteiger partial charge on any atom is 0.336 e. The van der Waals surface area contributed by atoms with Gasteiger partial charge in [0.2, 0.25) is 0 Å². The van der Waals surface area contributed by atoms with Gasteiger partial charge in [-0.15, -0.1) is 0 Å². The number of rotatable bonds is 7. The summed E-state index contributed by atoms with van der Waals surface area (Å²) < 4.78 is 10.5. The molecule has 0 bridgehead atoms. The Balaban J connectivity index is 3.05. The van der Waals surface area contributed by atoms with Crippen molar-refractivity contribution >= 4 is 5.97 Å². The summed E-state index contributed by atoms with van der Waals surface area (Å²) in [6.07, 6.45) is 0.586. The monoisotopic (exact) mass is 268 g/mol. The van der Waals surface area contributed by atoms with Gasteiger partial charge >= 0.3 is 5.97 Å². The number of ether oxygens (including phenoxy) is 2. The van der Waals surface area contributed by atoms with Crippen LogP contribution in [0.25, 0.3) is 0 Å². The maximum atomic E-state index is 11.5. The molecule has 0 aliphatic rings. The highest BCUT2D eigenvalue weighted by Gasteiger charge is 2.37. The number of benzene rings is 1. The van der Waals surface area contributed by atoms with E-state index in [0.29, 0.717) is 18.8 Å². The molecule has 0 aliphatic heterocycles. The minimum absolute atomic E-state index is 0.0279. The molecule has 1 aromatic carbocycles. The molecule has 19 heavy (non-hydrogen) atoms. The molecule has 1 rings (SSSR count). The summed E-state index contributed by atoms with van der Waals surface area (Å²) >= 11 is 0. The van der Waals surface area contributed by atoms with Gasteiger partial charge in [-0.2, -0.15) is 0 Å². The van der Waals surface area contributed by atoms with Gasteiger partial charge in [0.05, 0.1) is 7.11 Å². The summed E-state index contributed by atoms with van der Waals surface area (Å²) in [4.78, 5) is 11.5. The van der Waals surface area contributed by atoms with Crippen molar-refractivity contribution in [1.29, 1.82) is 0 Å². The minimum atomic E-state index is -1.24. The molecule has 0 spiro atoms. The summed E-state index contributed by atoms with van der Waals surface area (Å²) in [5, 5.41) is 18.9. The van der Waals surface area contributed by atoms with Gasteiger partial charge in [0.1, 0.15) is 0 Å². The van der Waals surface area contributed by atoms with E-state index in [1.807, 2.05) is 0 Å². The largest absolute Gasteiger partial charge is 0.504 e. The van der Waals surface area contributed by atoms with Crippen molar-refractivity contribution in [1.82, 2.24) is 0 Å². The Morgan fingerprint density at radius 3 is 2.53 bits per heavy atom. The van der Waals surface area contributed by atoms with Crippen molar-refractivity contribution in [3.63, 3.8) is 0 Å². The summed E-state index contributed by atoms with van der Waals surface area (Å²) in [5.74, 6) is -0.631. The molecule has 5 heteroatoms. The second kappa shape index (κ2) is 6.43. The fourth-order valence-corrected chi connectivity index (χ4v) is 2.00. The number of phenols is 1. The van der Waals surface area contributed by atoms with E-state index < -0.39 is 11.6 Å². The minimum Gasteiger partial charge on any atom is -0.504 e. The first-order chi connectivity index (χ1) is 8.99. The number of carboxylic acids is 1. The summed E-state index contributed by atoms with van der Waals surface area (Å²) in [6.45, 7) is 3.88. The number of carboxylic acid groups (broad SMARTS) is 1. The quantitative estimate of drug-likeness (QED) is 0.793. The van der Waals surface area contributed by atoms with Gasteiger partial charge in [-0.1, -0.05) is 13.0 Å². The second-order valence-electron chi connectivity index (χ2n) is 4.27. The van der Waals surface area contributed by atoms with Crippen LogP contribution in [0.15, 0.2) is 18.2 Å². The fourth-order valence-electron chi connectivity index (χ4n) is 2.00. The van der Waals surface area contributed by atoms with E-state index in [1.54, 1.807) is 26.0 Å². The van der Waals surface area contributed by atoms with Gasteiger partial charge < -0.3 is 19.7 Å². The van der Waals surface area contributed by atoms with E-state index in [0.717, 1.165) is 5.56 Å². The smallest absolute Gasteiger partial charge is 0.336 e. The molecule has 0 saturated carbocycles. The molecule has 0 aromatic heterocycles. The molecule has 0 amide bonds. The van der Waals surface area contributed by atoms with Crippen LogP contribution in [0.1, 0.15) is 25.8 Å². The molecule has 5 nitrogen and oxygen atoms in total. The fraction of sp³-hybridized carbons (Fsp3) is 0.500. The lowest BCUT2D eigenvalue weighted by molar-refractivity contribution is -0.166. The van der Waals surface area contributed by atoms with Gasteiger partial charge in [-0.25, -0.2) is 4.79 Å². The van der Waals surface area contributed by atoms with E-state index >= 15 is 0 Å². The Hall–Kier alpha value is -1.75. The summed E-state index contributed by atoms with van der Waals surface area (Å²) in [5.41, 5.74) is -0.496. The van der Waals surface area contributed by atoms with Gasteiger partial charge in [0.15, 0.2) is 17.1 Å². The lowest BCUT2D eigenvalue weighted by atomic mass is 9.91. The zero-order valence-corrected chi connectivity index (χ0v) is 11.5. The molecule has 1 atom stereocenters. The van der Waals surface area contributed by atoms with Crippen LogP contribution in [0, 0.1) is 0 Å². The molecule has 0 saturated heterocycles. The number of methoxy groups -OCH3 is 1. The van der Waals surface area contributed by atoms with E-state index in [-0.39, 0.29) is 12.2 Å². The normalized spacial score (nSPS) is 13.8. The molecule has 0 fully saturated rings. The number of phenolic OH excluding ortho intramolecular Hbond substituents is 1. The average molecular weight is 268 g/mol. The Kier molecular flexibility index (Phi) is 5.18. The Labute approximate surface area is 112 Å². The highest BCUT2D eigenvalue weighted by molar-refractivity contribution is 5.78. The van der Waals surface area contributed by atoms with Crippen molar-refractivity contribution in [3.8, 4) is 11.5 Å². The molecule has 1 aromatic rings. The number of aliphatic carboxylic acids is 1. The topological polar surface area (TPSA) is 76.0 Å². The standard InChI is InChI=1S/C14H20O5/c1-4-14(13(16)17,19-5-2)9-10-6-7-11(15)12(8-10)18-3/h6-8,15H,4-5,9H2,1-3H3,(H,16,17). The first-order valence-electron chi connectivity index (χ1n) is 6.22. The Morgan fingerprint density at radius 2 is 2.05 bits per heavy atom. The Bertz CT molecular complexity index is 443. The molecular weight excluding hydrogens is 248 g/mol. The summed E-state index contributed by atoms with van der Waals surface area (Å²) in [7, 11) is 1.45. The molecule has 2 N–H and O–H groups in total. The lowest BCUT2D eigenvalue weighted by Crippen LogP contribution is -2.43. The van der Waals surface area contributed by atoms with Crippen molar-refractivity contribution in [2.75, 3.05) is 13.7 Å². The molecular formula is C14H20O5. The third kappa shape index (κ3) is 3.38. The zero-order chi connectivity index (χ0) is 14.5. The van der Waals surface area contributed by atoms with Gasteiger partial charge in [0, 0.05) is 13.0 Å². The van der Waals surface area contributed by atoms with Crippen molar-refractivity contribution in [3.05, 3.63) is 23.8 Å². The van der Waals surface area contributed by atoms with Crippen LogP contribution in [-0.2, 0) is 16.0 Å². The second-order valence-corrected chi connectivity index (χ2v) is 4.27. The number of hydrogen-bond donors (Lipinski definition) is 2. The van der Waals surface area contributed by atoms with Crippen molar-refractivity contribution in [2.45, 2.75) is 32.3 Å². The van der Waals surface area contributed by atoms with Crippen molar-refractivity contribution in [2.24, 2.45) is 0 Å². The molecule has 0 radical (unpaired) electrons. The van der Waals surface area contributed by atoms with Crippen LogP contribution in [0.5, 0.6) is 11.5 Å². The summed E-state index contributed by atoms with van der Waals surface area (Å²) in [6, 6.07) is 4.79. The zero-order valence-electron chi connectivity index (χ0n) is 11.5. The highest BCUT2D eigenvalue weighted by atomic mass is 16.5. The third-order valence-corrected chi connectivity index (χ3v) is 3.12. The molecule has 0 aliphatic carbocycles. The lowest BCUT2D eigenvalue weighted by Gasteiger charge is -2.28. The predicted molar refractivity (Wildman–Crippen MR) is 70.6 cm³/mol. The predicted octanol–water partition coefficient (Wildman–Crippen LogP) is 2.21. The van der Waals surface area contributed by atoms with E-state index in [1.165, 1.54) is 13.2 Å². The number of hydrogen-bond acceptors (Lipinski definition) is 4.